The van der Waals surface area contributed by atoms with Gasteiger partial charge in [0.2, 0.25) is 0 Å². The summed E-state index contributed by atoms with van der Waals surface area (Å²) in [6.45, 7) is 1.25. The molecule has 1 aliphatic heterocycles. The fourth-order valence-corrected chi connectivity index (χ4v) is 2.75. The summed E-state index contributed by atoms with van der Waals surface area (Å²) < 4.78 is 17.4. The molecule has 2 aromatic rings. The number of nitrogens with one attached hydrogen (secondary N) is 1. The summed E-state index contributed by atoms with van der Waals surface area (Å²) in [5.74, 6) is 1.57. The summed E-state index contributed by atoms with van der Waals surface area (Å²) >= 11 is 9.51. The van der Waals surface area contributed by atoms with Gasteiger partial charge < -0.3 is 19.5 Å². The Morgan fingerprint density at radius 2 is 1.96 bits per heavy atom. The number of rotatable bonds is 5. The Morgan fingerprint density at radius 1 is 1.21 bits per heavy atom. The van der Waals surface area contributed by atoms with E-state index in [1.165, 1.54) is 0 Å². The molecule has 1 aliphatic rings. The Bertz CT molecular complexity index is 736. The van der Waals surface area contributed by atoms with Crippen molar-refractivity contribution in [2.75, 3.05) is 19.8 Å². The molecular weight excluding hydrogens is 398 g/mol. The van der Waals surface area contributed by atoms with Gasteiger partial charge in [0.15, 0.2) is 18.1 Å². The van der Waals surface area contributed by atoms with E-state index in [1.54, 1.807) is 18.2 Å². The van der Waals surface area contributed by atoms with Crippen molar-refractivity contribution in [3.05, 3.63) is 51.5 Å². The van der Waals surface area contributed by atoms with E-state index in [9.17, 15) is 4.79 Å². The monoisotopic (exact) mass is 411 g/mol. The maximum absolute atomic E-state index is 11.9. The first kappa shape index (κ1) is 16.9. The Labute approximate surface area is 153 Å². The molecule has 0 saturated carbocycles. The minimum atomic E-state index is -0.219. The molecule has 0 atom stereocenters. The summed E-state index contributed by atoms with van der Waals surface area (Å²) in [6, 6.07) is 10.9. The van der Waals surface area contributed by atoms with Crippen LogP contribution in [0.2, 0.25) is 5.02 Å². The van der Waals surface area contributed by atoms with Crippen molar-refractivity contribution in [1.82, 2.24) is 5.32 Å². The van der Waals surface area contributed by atoms with Crippen LogP contribution in [-0.4, -0.2) is 25.7 Å². The predicted octanol–water partition coefficient (Wildman–Crippen LogP) is 3.57. The summed E-state index contributed by atoms with van der Waals surface area (Å²) in [5.41, 5.74) is 0.834. The number of halogens is 2. The second-order valence-electron chi connectivity index (χ2n) is 5.12. The van der Waals surface area contributed by atoms with Gasteiger partial charge in [-0.05, 0) is 42.0 Å². The van der Waals surface area contributed by atoms with Crippen LogP contribution in [0.15, 0.2) is 40.9 Å². The zero-order chi connectivity index (χ0) is 16.9. The lowest BCUT2D eigenvalue weighted by atomic mass is 10.2. The first-order valence-electron chi connectivity index (χ1n) is 7.35. The van der Waals surface area contributed by atoms with Gasteiger partial charge in [0.1, 0.15) is 19.0 Å². The molecule has 2 aromatic carbocycles. The second kappa shape index (κ2) is 7.77. The topological polar surface area (TPSA) is 56.8 Å². The van der Waals surface area contributed by atoms with E-state index in [1.807, 2.05) is 18.2 Å². The molecule has 0 spiro atoms. The molecule has 126 valence electrons. The van der Waals surface area contributed by atoms with Gasteiger partial charge >= 0.3 is 0 Å². The largest absolute Gasteiger partial charge is 0.486 e. The third-order valence-electron chi connectivity index (χ3n) is 3.33. The predicted molar refractivity (Wildman–Crippen MR) is 93.9 cm³/mol. The molecule has 0 fully saturated rings. The van der Waals surface area contributed by atoms with E-state index >= 15 is 0 Å². The van der Waals surface area contributed by atoms with Crippen LogP contribution in [0.3, 0.4) is 0 Å². The van der Waals surface area contributed by atoms with Gasteiger partial charge in [0, 0.05) is 11.0 Å². The molecule has 0 aromatic heterocycles. The number of fused-ring (bicyclic) bond motifs is 1. The van der Waals surface area contributed by atoms with Crippen LogP contribution < -0.4 is 19.5 Å². The van der Waals surface area contributed by atoms with Crippen LogP contribution in [0, 0.1) is 0 Å². The first-order valence-corrected chi connectivity index (χ1v) is 8.52. The highest BCUT2D eigenvalue weighted by Crippen LogP contribution is 2.38. The number of hydrogen-bond donors (Lipinski definition) is 1. The van der Waals surface area contributed by atoms with E-state index in [2.05, 4.69) is 21.2 Å². The number of carbonyl (C=O) groups excluding carboxylic acids is 1. The molecule has 1 N–H and O–H groups in total. The fourth-order valence-electron chi connectivity index (χ4n) is 2.20. The van der Waals surface area contributed by atoms with Crippen molar-refractivity contribution in [3.63, 3.8) is 0 Å². The van der Waals surface area contributed by atoms with E-state index in [-0.39, 0.29) is 12.5 Å². The average Bonchev–Trinajstić information content (AvgIpc) is 2.59. The number of benzene rings is 2. The molecule has 0 bridgehead atoms. The third kappa shape index (κ3) is 4.33. The minimum Gasteiger partial charge on any atom is -0.486 e. The molecule has 0 radical (unpaired) electrons. The summed E-state index contributed by atoms with van der Waals surface area (Å²) in [6.07, 6.45) is 0. The standard InChI is InChI=1S/C17H15BrClNO4/c18-12-1-3-13(4-2-12)24-10-16(21)20-9-11-7-14(19)17-15(8-11)22-5-6-23-17/h1-4,7-8H,5-6,9-10H2,(H,20,21). The lowest BCUT2D eigenvalue weighted by molar-refractivity contribution is -0.123. The molecule has 0 saturated heterocycles. The van der Waals surface area contributed by atoms with Gasteiger partial charge in [0.05, 0.1) is 5.02 Å². The summed E-state index contributed by atoms with van der Waals surface area (Å²) in [4.78, 5) is 11.9. The van der Waals surface area contributed by atoms with E-state index < -0.39 is 0 Å². The van der Waals surface area contributed by atoms with E-state index in [0.717, 1.165) is 10.0 Å². The molecule has 0 unspecified atom stereocenters. The highest BCUT2D eigenvalue weighted by atomic mass is 79.9. The van der Waals surface area contributed by atoms with Crippen molar-refractivity contribution in [3.8, 4) is 17.2 Å². The van der Waals surface area contributed by atoms with E-state index in [4.69, 9.17) is 25.8 Å². The van der Waals surface area contributed by atoms with Crippen molar-refractivity contribution < 1.29 is 19.0 Å². The van der Waals surface area contributed by atoms with Crippen LogP contribution in [0.5, 0.6) is 17.2 Å². The summed E-state index contributed by atoms with van der Waals surface area (Å²) in [5, 5.41) is 3.26. The molecule has 3 rings (SSSR count). The first-order chi connectivity index (χ1) is 11.6. The lowest BCUT2D eigenvalue weighted by Gasteiger charge is -2.20. The smallest absolute Gasteiger partial charge is 0.258 e. The van der Waals surface area contributed by atoms with Crippen molar-refractivity contribution in [2.24, 2.45) is 0 Å². The Kier molecular flexibility index (Phi) is 5.48. The number of carbonyl (C=O) groups is 1. The van der Waals surface area contributed by atoms with Crippen LogP contribution >= 0.6 is 27.5 Å². The van der Waals surface area contributed by atoms with Crippen molar-refractivity contribution >= 4 is 33.4 Å². The highest BCUT2D eigenvalue weighted by molar-refractivity contribution is 9.10. The van der Waals surface area contributed by atoms with Gasteiger partial charge in [-0.1, -0.05) is 27.5 Å². The Morgan fingerprint density at radius 3 is 2.75 bits per heavy atom. The zero-order valence-corrected chi connectivity index (χ0v) is 15.0. The quantitative estimate of drug-likeness (QED) is 0.816. The van der Waals surface area contributed by atoms with Crippen molar-refractivity contribution in [2.45, 2.75) is 6.54 Å². The normalized spacial score (nSPS) is 12.6. The molecule has 1 amide bonds. The molecule has 1 heterocycles. The summed E-state index contributed by atoms with van der Waals surface area (Å²) in [7, 11) is 0. The number of hydrogen-bond acceptors (Lipinski definition) is 4. The lowest BCUT2D eigenvalue weighted by Crippen LogP contribution is -2.28. The van der Waals surface area contributed by atoms with Gasteiger partial charge in [-0.15, -0.1) is 0 Å². The van der Waals surface area contributed by atoms with Crippen LogP contribution in [0.25, 0.3) is 0 Å². The Balaban J connectivity index is 1.52. The number of ether oxygens (including phenoxy) is 3. The van der Waals surface area contributed by atoms with Crippen LogP contribution in [-0.2, 0) is 11.3 Å². The maximum Gasteiger partial charge on any atom is 0.258 e. The average molecular weight is 413 g/mol. The Hall–Kier alpha value is -1.92. The van der Waals surface area contributed by atoms with Gasteiger partial charge in [-0.3, -0.25) is 4.79 Å². The molecule has 0 aliphatic carbocycles. The molecule has 5 nitrogen and oxygen atoms in total. The molecular formula is C17H15BrClNO4. The zero-order valence-electron chi connectivity index (χ0n) is 12.7. The van der Waals surface area contributed by atoms with Crippen LogP contribution in [0.4, 0.5) is 0 Å². The molecule has 7 heteroatoms. The third-order valence-corrected chi connectivity index (χ3v) is 4.14. The second-order valence-corrected chi connectivity index (χ2v) is 6.44. The van der Waals surface area contributed by atoms with Crippen LogP contribution in [0.1, 0.15) is 5.56 Å². The minimum absolute atomic E-state index is 0.0556. The number of amides is 1. The van der Waals surface area contributed by atoms with Gasteiger partial charge in [-0.2, -0.15) is 0 Å². The van der Waals surface area contributed by atoms with Gasteiger partial charge in [0.25, 0.3) is 5.91 Å². The maximum atomic E-state index is 11.9. The highest BCUT2D eigenvalue weighted by Gasteiger charge is 2.16. The van der Waals surface area contributed by atoms with E-state index in [0.29, 0.717) is 42.0 Å². The molecule has 24 heavy (non-hydrogen) atoms. The van der Waals surface area contributed by atoms with Gasteiger partial charge in [-0.25, -0.2) is 0 Å². The SMILES string of the molecule is O=C(COc1ccc(Br)cc1)NCc1cc(Cl)c2c(c1)OCCO2. The van der Waals surface area contributed by atoms with Crippen molar-refractivity contribution in [1.29, 1.82) is 0 Å². The fraction of sp³-hybridized carbons (Fsp3) is 0.235.